The molecule has 0 bridgehead atoms. The molecule has 0 heterocycles. The number of hydrogen-bond acceptors (Lipinski definition) is 1. The molecule has 0 aromatic carbocycles. The first kappa shape index (κ1) is 11.2. The quantitative estimate of drug-likeness (QED) is 0.518. The van der Waals surface area contributed by atoms with Gasteiger partial charge in [-0.15, -0.1) is 0 Å². The Morgan fingerprint density at radius 1 is 1.38 bits per heavy atom. The standard InChI is InChI=1S/C4H12OSi.CH6Si/c1-4-5-6(2)3;1-2/h6H,4H2,1-3H3;1-2H3. The molecular formula is C5H18OSi2. The predicted octanol–water partition coefficient (Wildman–Crippen LogP) is 0.406. The Morgan fingerprint density at radius 3 is 1.75 bits per heavy atom. The van der Waals surface area contributed by atoms with Crippen LogP contribution in [0.15, 0.2) is 0 Å². The summed E-state index contributed by atoms with van der Waals surface area (Å²) < 4.78 is 5.18. The van der Waals surface area contributed by atoms with Crippen LogP contribution in [-0.2, 0) is 4.43 Å². The molecule has 0 aliphatic heterocycles. The van der Waals surface area contributed by atoms with Gasteiger partial charge in [0.1, 0.15) is 0 Å². The summed E-state index contributed by atoms with van der Waals surface area (Å²) >= 11 is 0. The van der Waals surface area contributed by atoms with E-state index in [1.54, 1.807) is 0 Å². The van der Waals surface area contributed by atoms with Gasteiger partial charge in [0.15, 0.2) is 9.04 Å². The predicted molar refractivity (Wildman–Crippen MR) is 46.3 cm³/mol. The lowest BCUT2D eigenvalue weighted by molar-refractivity contribution is 0.350. The lowest BCUT2D eigenvalue weighted by Crippen LogP contribution is -2.05. The summed E-state index contributed by atoms with van der Waals surface area (Å²) in [5.41, 5.74) is 0. The third-order valence-electron chi connectivity index (χ3n) is 0.500. The Morgan fingerprint density at radius 2 is 1.75 bits per heavy atom. The van der Waals surface area contributed by atoms with Crippen LogP contribution in [0.2, 0.25) is 19.6 Å². The molecule has 0 aliphatic rings. The van der Waals surface area contributed by atoms with Crippen LogP contribution in [0.3, 0.4) is 0 Å². The average molecular weight is 150 g/mol. The maximum Gasteiger partial charge on any atom is 0.170 e. The van der Waals surface area contributed by atoms with Crippen LogP contribution < -0.4 is 0 Å². The molecule has 52 valence electrons. The summed E-state index contributed by atoms with van der Waals surface area (Å²) in [6, 6.07) is 0. The highest BCUT2D eigenvalue weighted by Gasteiger charge is 1.87. The Hall–Kier alpha value is 0.394. The summed E-state index contributed by atoms with van der Waals surface area (Å²) in [6.07, 6.45) is 0. The monoisotopic (exact) mass is 150 g/mol. The fraction of sp³-hybridized carbons (Fsp3) is 1.00. The van der Waals surface area contributed by atoms with Gasteiger partial charge < -0.3 is 4.43 Å². The Balaban J connectivity index is 0. The summed E-state index contributed by atoms with van der Waals surface area (Å²) in [4.78, 5) is 0. The molecule has 0 aromatic heterocycles. The van der Waals surface area contributed by atoms with Gasteiger partial charge in [0.2, 0.25) is 0 Å². The number of rotatable bonds is 2. The molecule has 0 rings (SSSR count). The van der Waals surface area contributed by atoms with E-state index >= 15 is 0 Å². The third-order valence-corrected chi connectivity index (χ3v) is 1.50. The molecule has 0 saturated carbocycles. The lowest BCUT2D eigenvalue weighted by Gasteiger charge is -1.98. The molecule has 0 aliphatic carbocycles. The Labute approximate surface area is 57.6 Å². The second-order valence-corrected chi connectivity index (χ2v) is 3.93. The molecule has 0 radical (unpaired) electrons. The lowest BCUT2D eigenvalue weighted by atomic mass is 10.9. The van der Waals surface area contributed by atoms with Crippen LogP contribution in [0.1, 0.15) is 6.92 Å². The molecule has 0 saturated heterocycles. The second-order valence-electron chi connectivity index (χ2n) is 1.50. The van der Waals surface area contributed by atoms with Crippen molar-refractivity contribution in [3.8, 4) is 0 Å². The van der Waals surface area contributed by atoms with Crippen LogP contribution in [0, 0.1) is 0 Å². The van der Waals surface area contributed by atoms with Crippen LogP contribution in [0.25, 0.3) is 0 Å². The van der Waals surface area contributed by atoms with E-state index in [1.807, 2.05) is 6.92 Å². The SMILES string of the molecule is CCO[SiH](C)C.C[SiH3]. The molecule has 0 spiro atoms. The molecule has 0 unspecified atom stereocenters. The van der Waals surface area contributed by atoms with E-state index in [1.165, 1.54) is 10.2 Å². The van der Waals surface area contributed by atoms with Gasteiger partial charge in [-0.05, 0) is 30.3 Å². The average Bonchev–Trinajstić information content (AvgIpc) is 1.72. The molecular weight excluding hydrogens is 132 g/mol. The van der Waals surface area contributed by atoms with Gasteiger partial charge in [-0.2, -0.15) is 0 Å². The molecule has 0 atom stereocenters. The first-order valence-electron chi connectivity index (χ1n) is 3.39. The van der Waals surface area contributed by atoms with E-state index in [0.29, 0.717) is 0 Å². The zero-order valence-corrected chi connectivity index (χ0v) is 9.85. The minimum absolute atomic E-state index is 0.671. The molecule has 8 heavy (non-hydrogen) atoms. The van der Waals surface area contributed by atoms with E-state index in [9.17, 15) is 0 Å². The Bertz CT molecular complexity index is 31.6. The molecule has 0 aromatic rings. The molecule has 0 N–H and O–H groups in total. The fourth-order valence-electron chi connectivity index (χ4n) is 0.333. The van der Waals surface area contributed by atoms with Gasteiger partial charge >= 0.3 is 0 Å². The van der Waals surface area contributed by atoms with Gasteiger partial charge in [0.25, 0.3) is 0 Å². The highest BCUT2D eigenvalue weighted by atomic mass is 28.3. The van der Waals surface area contributed by atoms with Crippen LogP contribution >= 0.6 is 0 Å². The topological polar surface area (TPSA) is 9.23 Å². The molecule has 0 fully saturated rings. The third kappa shape index (κ3) is 16.2. The van der Waals surface area contributed by atoms with Gasteiger partial charge in [-0.1, -0.05) is 6.55 Å². The smallest absolute Gasteiger partial charge is 0.170 e. The van der Waals surface area contributed by atoms with Crippen molar-refractivity contribution in [2.75, 3.05) is 6.61 Å². The summed E-state index contributed by atoms with van der Waals surface area (Å²) in [5.74, 6) is 0. The molecule has 1 nitrogen and oxygen atoms in total. The van der Waals surface area contributed by atoms with Gasteiger partial charge in [0.05, 0.1) is 0 Å². The van der Waals surface area contributed by atoms with Crippen LogP contribution in [0.4, 0.5) is 0 Å². The summed E-state index contributed by atoms with van der Waals surface area (Å²) in [7, 11) is 0.635. The van der Waals surface area contributed by atoms with E-state index in [-0.39, 0.29) is 0 Å². The maximum absolute atomic E-state index is 5.18. The van der Waals surface area contributed by atoms with Crippen molar-refractivity contribution in [3.63, 3.8) is 0 Å². The minimum Gasteiger partial charge on any atom is -0.421 e. The zero-order valence-electron chi connectivity index (χ0n) is 6.69. The van der Waals surface area contributed by atoms with Crippen molar-refractivity contribution in [2.45, 2.75) is 26.6 Å². The first-order valence-corrected chi connectivity index (χ1v) is 8.17. The van der Waals surface area contributed by atoms with Crippen molar-refractivity contribution in [2.24, 2.45) is 0 Å². The minimum atomic E-state index is -0.671. The molecule has 3 heteroatoms. The van der Waals surface area contributed by atoms with Crippen LogP contribution in [0.5, 0.6) is 0 Å². The van der Waals surface area contributed by atoms with Crippen molar-refractivity contribution in [1.82, 2.24) is 0 Å². The van der Waals surface area contributed by atoms with Gasteiger partial charge in [-0.3, -0.25) is 0 Å². The highest BCUT2D eigenvalue weighted by molar-refractivity contribution is 6.48. The fourth-order valence-corrected chi connectivity index (χ4v) is 1.00. The largest absolute Gasteiger partial charge is 0.421 e. The molecule has 0 amide bonds. The van der Waals surface area contributed by atoms with Crippen molar-refractivity contribution >= 4 is 19.3 Å². The maximum atomic E-state index is 5.18. The van der Waals surface area contributed by atoms with Gasteiger partial charge in [-0.25, -0.2) is 0 Å². The highest BCUT2D eigenvalue weighted by Crippen LogP contribution is 1.79. The van der Waals surface area contributed by atoms with Crippen LogP contribution in [-0.4, -0.2) is 25.9 Å². The van der Waals surface area contributed by atoms with Crippen molar-refractivity contribution in [1.29, 1.82) is 0 Å². The van der Waals surface area contributed by atoms with Crippen molar-refractivity contribution in [3.05, 3.63) is 0 Å². The summed E-state index contributed by atoms with van der Waals surface area (Å²) in [6.45, 7) is 9.41. The second kappa shape index (κ2) is 10.4. The van der Waals surface area contributed by atoms with E-state index in [2.05, 4.69) is 19.6 Å². The van der Waals surface area contributed by atoms with Crippen molar-refractivity contribution < 1.29 is 4.43 Å². The zero-order chi connectivity index (χ0) is 6.99. The first-order chi connectivity index (χ1) is 3.77. The number of hydrogen-bond donors (Lipinski definition) is 0. The van der Waals surface area contributed by atoms with Gasteiger partial charge in [0, 0.05) is 6.61 Å². The van der Waals surface area contributed by atoms with E-state index in [0.717, 1.165) is 6.61 Å². The van der Waals surface area contributed by atoms with E-state index in [4.69, 9.17) is 4.43 Å². The normalized spacial score (nSPS) is 8.62. The summed E-state index contributed by atoms with van der Waals surface area (Å²) in [5, 5.41) is 0. The Kier molecular flexibility index (Phi) is 14.6. The van der Waals surface area contributed by atoms with E-state index < -0.39 is 9.04 Å².